The monoisotopic (exact) mass is 189 g/mol. The predicted molar refractivity (Wildman–Crippen MR) is 50.5 cm³/mol. The van der Waals surface area contributed by atoms with Crippen LogP contribution in [-0.2, 0) is 5.88 Å². The second-order valence-corrected chi connectivity index (χ2v) is 4.23. The third-order valence-corrected chi connectivity index (χ3v) is 3.39. The van der Waals surface area contributed by atoms with Crippen molar-refractivity contribution in [3.8, 4) is 0 Å². The fourth-order valence-electron chi connectivity index (χ4n) is 1.06. The summed E-state index contributed by atoms with van der Waals surface area (Å²) in [5, 5.41) is 1.04. The Kier molecular flexibility index (Phi) is 2.90. The van der Waals surface area contributed by atoms with Gasteiger partial charge in [-0.25, -0.2) is 4.98 Å². The van der Waals surface area contributed by atoms with Crippen LogP contribution in [0.5, 0.6) is 0 Å². The highest BCUT2D eigenvalue weighted by Gasteiger charge is 2.09. The van der Waals surface area contributed by atoms with E-state index in [4.69, 9.17) is 11.6 Å². The Balaban J connectivity index is 2.97. The standard InChI is InChI=1S/C8H12ClNS/c1-5(2)8-6(3)10-7(4-9)11-8/h5H,4H2,1-3H3. The number of aromatic nitrogens is 1. The molecule has 1 aromatic heterocycles. The highest BCUT2D eigenvalue weighted by molar-refractivity contribution is 7.12. The normalized spacial score (nSPS) is 11.0. The SMILES string of the molecule is Cc1nc(CCl)sc1C(C)C. The molecule has 1 nitrogen and oxygen atoms in total. The van der Waals surface area contributed by atoms with Crippen LogP contribution in [0.25, 0.3) is 0 Å². The van der Waals surface area contributed by atoms with E-state index in [0.717, 1.165) is 10.7 Å². The predicted octanol–water partition coefficient (Wildman–Crippen LogP) is 3.31. The Bertz CT molecular complexity index is 242. The summed E-state index contributed by atoms with van der Waals surface area (Å²) in [6.45, 7) is 6.40. The minimum absolute atomic E-state index is 0.540. The van der Waals surface area contributed by atoms with Crippen LogP contribution in [0.15, 0.2) is 0 Å². The average molecular weight is 190 g/mol. The molecule has 11 heavy (non-hydrogen) atoms. The molecule has 0 aliphatic heterocycles. The van der Waals surface area contributed by atoms with E-state index in [-0.39, 0.29) is 0 Å². The van der Waals surface area contributed by atoms with Crippen molar-refractivity contribution in [2.24, 2.45) is 0 Å². The molecule has 0 atom stereocenters. The molecule has 1 rings (SSSR count). The molecule has 0 fully saturated rings. The maximum atomic E-state index is 5.66. The van der Waals surface area contributed by atoms with Gasteiger partial charge in [-0.1, -0.05) is 13.8 Å². The van der Waals surface area contributed by atoms with Crippen molar-refractivity contribution >= 4 is 22.9 Å². The van der Waals surface area contributed by atoms with Crippen molar-refractivity contribution < 1.29 is 0 Å². The third-order valence-electron chi connectivity index (χ3n) is 1.52. The lowest BCUT2D eigenvalue weighted by molar-refractivity contribution is 0.872. The first-order valence-electron chi connectivity index (χ1n) is 3.67. The van der Waals surface area contributed by atoms with Gasteiger partial charge in [0.1, 0.15) is 5.01 Å². The Labute approximate surface area is 76.4 Å². The average Bonchev–Trinajstić information content (AvgIpc) is 2.30. The summed E-state index contributed by atoms with van der Waals surface area (Å²) < 4.78 is 0. The van der Waals surface area contributed by atoms with E-state index in [1.165, 1.54) is 4.88 Å². The minimum Gasteiger partial charge on any atom is -0.245 e. The number of alkyl halides is 1. The van der Waals surface area contributed by atoms with E-state index in [1.54, 1.807) is 11.3 Å². The fourth-order valence-corrected chi connectivity index (χ4v) is 2.20. The third kappa shape index (κ3) is 1.94. The van der Waals surface area contributed by atoms with Gasteiger partial charge in [-0.05, 0) is 12.8 Å². The van der Waals surface area contributed by atoms with Crippen molar-refractivity contribution in [3.63, 3.8) is 0 Å². The molecule has 0 aromatic carbocycles. The van der Waals surface area contributed by atoms with Crippen LogP contribution >= 0.6 is 22.9 Å². The first kappa shape index (κ1) is 9.01. The summed E-state index contributed by atoms with van der Waals surface area (Å²) in [6.07, 6.45) is 0. The van der Waals surface area contributed by atoms with Gasteiger partial charge in [-0.3, -0.25) is 0 Å². The summed E-state index contributed by atoms with van der Waals surface area (Å²) in [4.78, 5) is 5.70. The van der Waals surface area contributed by atoms with Crippen LogP contribution in [-0.4, -0.2) is 4.98 Å². The molecule has 3 heteroatoms. The Morgan fingerprint density at radius 2 is 2.18 bits per heavy atom. The van der Waals surface area contributed by atoms with E-state index in [1.807, 2.05) is 6.92 Å². The molecular formula is C8H12ClNS. The summed E-state index contributed by atoms with van der Waals surface area (Å²) in [5.41, 5.74) is 1.14. The van der Waals surface area contributed by atoms with Gasteiger partial charge in [0, 0.05) is 4.88 Å². The Morgan fingerprint density at radius 1 is 1.55 bits per heavy atom. The second kappa shape index (κ2) is 3.55. The largest absolute Gasteiger partial charge is 0.245 e. The van der Waals surface area contributed by atoms with Crippen LogP contribution in [0.3, 0.4) is 0 Å². The van der Waals surface area contributed by atoms with Crippen LogP contribution < -0.4 is 0 Å². The molecule has 0 aliphatic rings. The molecule has 62 valence electrons. The van der Waals surface area contributed by atoms with Crippen molar-refractivity contribution in [3.05, 3.63) is 15.6 Å². The smallest absolute Gasteiger partial charge is 0.108 e. The maximum Gasteiger partial charge on any atom is 0.108 e. The summed E-state index contributed by atoms with van der Waals surface area (Å²) >= 11 is 7.39. The van der Waals surface area contributed by atoms with Gasteiger partial charge in [0.05, 0.1) is 11.6 Å². The lowest BCUT2D eigenvalue weighted by atomic mass is 10.1. The molecule has 0 saturated carbocycles. The van der Waals surface area contributed by atoms with E-state index in [2.05, 4.69) is 18.8 Å². The van der Waals surface area contributed by atoms with E-state index in [0.29, 0.717) is 11.8 Å². The maximum absolute atomic E-state index is 5.66. The van der Waals surface area contributed by atoms with Crippen molar-refractivity contribution in [1.29, 1.82) is 0 Å². The number of aryl methyl sites for hydroxylation is 1. The molecule has 0 unspecified atom stereocenters. The van der Waals surface area contributed by atoms with Crippen molar-refractivity contribution in [2.45, 2.75) is 32.6 Å². The van der Waals surface area contributed by atoms with Gasteiger partial charge in [-0.15, -0.1) is 22.9 Å². The van der Waals surface area contributed by atoms with Gasteiger partial charge >= 0.3 is 0 Å². The first-order valence-corrected chi connectivity index (χ1v) is 5.02. The summed E-state index contributed by atoms with van der Waals surface area (Å²) in [7, 11) is 0. The quantitative estimate of drug-likeness (QED) is 0.651. The van der Waals surface area contributed by atoms with Crippen LogP contribution in [0.2, 0.25) is 0 Å². The highest BCUT2D eigenvalue weighted by Crippen LogP contribution is 2.26. The minimum atomic E-state index is 0.540. The molecule has 1 heterocycles. The second-order valence-electron chi connectivity index (χ2n) is 2.85. The number of hydrogen-bond donors (Lipinski definition) is 0. The van der Waals surface area contributed by atoms with Crippen LogP contribution in [0.4, 0.5) is 0 Å². The molecule has 0 bridgehead atoms. The Hall–Kier alpha value is -0.0800. The van der Waals surface area contributed by atoms with Gasteiger partial charge < -0.3 is 0 Å². The van der Waals surface area contributed by atoms with Gasteiger partial charge in [0.25, 0.3) is 0 Å². The molecular weight excluding hydrogens is 178 g/mol. The van der Waals surface area contributed by atoms with Crippen molar-refractivity contribution in [2.75, 3.05) is 0 Å². The highest BCUT2D eigenvalue weighted by atomic mass is 35.5. The number of thiazole rings is 1. The summed E-state index contributed by atoms with van der Waals surface area (Å²) in [5.74, 6) is 1.11. The Morgan fingerprint density at radius 3 is 2.45 bits per heavy atom. The topological polar surface area (TPSA) is 12.9 Å². The number of hydrogen-bond acceptors (Lipinski definition) is 2. The van der Waals surface area contributed by atoms with Gasteiger partial charge in [-0.2, -0.15) is 0 Å². The first-order chi connectivity index (χ1) is 5.15. The zero-order chi connectivity index (χ0) is 8.43. The fraction of sp³-hybridized carbons (Fsp3) is 0.625. The van der Waals surface area contributed by atoms with E-state index >= 15 is 0 Å². The zero-order valence-electron chi connectivity index (χ0n) is 7.02. The zero-order valence-corrected chi connectivity index (χ0v) is 8.59. The number of nitrogens with zero attached hydrogens (tertiary/aromatic N) is 1. The van der Waals surface area contributed by atoms with E-state index in [9.17, 15) is 0 Å². The molecule has 0 N–H and O–H groups in total. The number of halogens is 1. The van der Waals surface area contributed by atoms with Gasteiger partial charge in [0.15, 0.2) is 0 Å². The molecule has 0 radical (unpaired) electrons. The van der Waals surface area contributed by atoms with Crippen LogP contribution in [0, 0.1) is 6.92 Å². The molecule has 0 saturated heterocycles. The van der Waals surface area contributed by atoms with Crippen molar-refractivity contribution in [1.82, 2.24) is 4.98 Å². The molecule has 1 aromatic rings. The lowest BCUT2D eigenvalue weighted by Crippen LogP contribution is -1.84. The lowest BCUT2D eigenvalue weighted by Gasteiger charge is -1.99. The molecule has 0 aliphatic carbocycles. The van der Waals surface area contributed by atoms with Crippen LogP contribution in [0.1, 0.15) is 35.3 Å². The van der Waals surface area contributed by atoms with Gasteiger partial charge in [0.2, 0.25) is 0 Å². The summed E-state index contributed by atoms with van der Waals surface area (Å²) in [6, 6.07) is 0. The molecule has 0 spiro atoms. The molecule has 0 amide bonds. The number of rotatable bonds is 2. The van der Waals surface area contributed by atoms with E-state index < -0.39 is 0 Å².